The number of carboxylic acids is 1. The number of carboxylic acid groups (broad SMARTS) is 1. The van der Waals surface area contributed by atoms with Crippen molar-refractivity contribution in [1.29, 1.82) is 0 Å². The lowest BCUT2D eigenvalue weighted by Gasteiger charge is -2.36. The second-order valence-corrected chi connectivity index (χ2v) is 3.22. The van der Waals surface area contributed by atoms with Crippen molar-refractivity contribution >= 4 is 5.97 Å². The summed E-state index contributed by atoms with van der Waals surface area (Å²) < 4.78 is 0. The third-order valence-corrected chi connectivity index (χ3v) is 2.41. The van der Waals surface area contributed by atoms with Gasteiger partial charge in [0.2, 0.25) is 0 Å². The lowest BCUT2D eigenvalue weighted by atomic mass is 9.72. The molecule has 3 N–H and O–H groups in total. The summed E-state index contributed by atoms with van der Waals surface area (Å²) in [5.41, 5.74) is 4.58. The lowest BCUT2D eigenvalue weighted by molar-refractivity contribution is -0.146. The van der Waals surface area contributed by atoms with Gasteiger partial charge in [-0.3, -0.25) is 4.79 Å². The Balaban J connectivity index is 2.57. The molecule has 3 heteroatoms. The Labute approximate surface area is 60.2 Å². The Morgan fingerprint density at radius 1 is 1.70 bits per heavy atom. The highest BCUT2D eigenvalue weighted by Gasteiger charge is 2.40. The number of aliphatic carboxylic acids is 1. The smallest absolute Gasteiger partial charge is 0.323 e. The van der Waals surface area contributed by atoms with Crippen molar-refractivity contribution in [2.24, 2.45) is 11.7 Å². The molecule has 0 bridgehead atoms. The van der Waals surface area contributed by atoms with E-state index >= 15 is 0 Å². The highest BCUT2D eigenvalue weighted by atomic mass is 16.4. The van der Waals surface area contributed by atoms with Crippen LogP contribution in [0.2, 0.25) is 0 Å². The molecule has 1 rings (SSSR count). The molecule has 1 aliphatic rings. The van der Waals surface area contributed by atoms with E-state index in [0.29, 0.717) is 0 Å². The summed E-state index contributed by atoms with van der Waals surface area (Å²) >= 11 is 0. The topological polar surface area (TPSA) is 63.3 Å². The molecule has 0 radical (unpaired) electrons. The Kier molecular flexibility index (Phi) is 1.68. The highest BCUT2D eigenvalue weighted by Crippen LogP contribution is 2.34. The third kappa shape index (κ3) is 1.01. The van der Waals surface area contributed by atoms with Crippen LogP contribution in [0.3, 0.4) is 0 Å². The van der Waals surface area contributed by atoms with E-state index in [-0.39, 0.29) is 5.92 Å². The first-order chi connectivity index (χ1) is 4.55. The average molecular weight is 143 g/mol. The van der Waals surface area contributed by atoms with Crippen LogP contribution in [-0.2, 0) is 4.79 Å². The fourth-order valence-electron chi connectivity index (χ4n) is 1.18. The molecule has 0 aliphatic heterocycles. The zero-order valence-corrected chi connectivity index (χ0v) is 6.13. The molecule has 1 atom stereocenters. The van der Waals surface area contributed by atoms with Gasteiger partial charge in [-0.15, -0.1) is 0 Å². The molecule has 0 aromatic rings. The maximum Gasteiger partial charge on any atom is 0.323 e. The summed E-state index contributed by atoms with van der Waals surface area (Å²) in [5, 5.41) is 8.65. The van der Waals surface area contributed by atoms with E-state index in [1.54, 1.807) is 6.92 Å². The molecule has 58 valence electrons. The van der Waals surface area contributed by atoms with Gasteiger partial charge in [0, 0.05) is 0 Å². The molecule has 1 saturated carbocycles. The number of rotatable bonds is 2. The van der Waals surface area contributed by atoms with Crippen LogP contribution in [0, 0.1) is 5.92 Å². The summed E-state index contributed by atoms with van der Waals surface area (Å²) in [6.45, 7) is 1.60. The molecule has 0 amide bonds. The Morgan fingerprint density at radius 3 is 2.30 bits per heavy atom. The molecular weight excluding hydrogens is 130 g/mol. The first kappa shape index (κ1) is 7.54. The predicted molar refractivity (Wildman–Crippen MR) is 37.6 cm³/mol. The molecule has 0 aromatic heterocycles. The monoisotopic (exact) mass is 143 g/mol. The van der Waals surface area contributed by atoms with E-state index in [9.17, 15) is 4.79 Å². The first-order valence-electron chi connectivity index (χ1n) is 3.57. The van der Waals surface area contributed by atoms with Gasteiger partial charge >= 0.3 is 5.97 Å². The summed E-state index contributed by atoms with van der Waals surface area (Å²) in [6, 6.07) is 0. The minimum absolute atomic E-state index is 0.199. The van der Waals surface area contributed by atoms with Crippen molar-refractivity contribution in [2.75, 3.05) is 0 Å². The van der Waals surface area contributed by atoms with Gasteiger partial charge in [-0.05, 0) is 25.7 Å². The highest BCUT2D eigenvalue weighted by molar-refractivity contribution is 5.78. The van der Waals surface area contributed by atoms with Crippen molar-refractivity contribution in [3.05, 3.63) is 0 Å². The van der Waals surface area contributed by atoms with Gasteiger partial charge in [0.05, 0.1) is 0 Å². The van der Waals surface area contributed by atoms with Gasteiger partial charge in [-0.2, -0.15) is 0 Å². The van der Waals surface area contributed by atoms with Crippen LogP contribution >= 0.6 is 0 Å². The fourth-order valence-corrected chi connectivity index (χ4v) is 1.18. The molecule has 0 spiro atoms. The van der Waals surface area contributed by atoms with Gasteiger partial charge in [0.15, 0.2) is 0 Å². The van der Waals surface area contributed by atoms with Gasteiger partial charge in [-0.1, -0.05) is 6.42 Å². The van der Waals surface area contributed by atoms with Crippen LogP contribution in [0.4, 0.5) is 0 Å². The molecule has 1 aliphatic carbocycles. The average Bonchev–Trinajstić information content (AvgIpc) is 1.57. The molecule has 0 unspecified atom stereocenters. The van der Waals surface area contributed by atoms with Crippen molar-refractivity contribution in [2.45, 2.75) is 31.7 Å². The molecule has 1 fully saturated rings. The summed E-state index contributed by atoms with van der Waals surface area (Å²) in [6.07, 6.45) is 3.07. The van der Waals surface area contributed by atoms with E-state index in [1.165, 1.54) is 0 Å². The minimum Gasteiger partial charge on any atom is -0.480 e. The van der Waals surface area contributed by atoms with Gasteiger partial charge in [0.25, 0.3) is 0 Å². The van der Waals surface area contributed by atoms with E-state index in [1.807, 2.05) is 0 Å². The Bertz CT molecular complexity index is 150. The zero-order valence-electron chi connectivity index (χ0n) is 6.13. The van der Waals surface area contributed by atoms with Crippen LogP contribution in [-0.4, -0.2) is 16.6 Å². The van der Waals surface area contributed by atoms with E-state index in [0.717, 1.165) is 19.3 Å². The van der Waals surface area contributed by atoms with Gasteiger partial charge in [-0.25, -0.2) is 0 Å². The molecular formula is C7H13NO2. The molecule has 0 heterocycles. The van der Waals surface area contributed by atoms with Crippen molar-refractivity contribution in [3.8, 4) is 0 Å². The van der Waals surface area contributed by atoms with Crippen LogP contribution < -0.4 is 5.73 Å². The van der Waals surface area contributed by atoms with E-state index < -0.39 is 11.5 Å². The maximum atomic E-state index is 10.5. The van der Waals surface area contributed by atoms with Crippen molar-refractivity contribution < 1.29 is 9.90 Å². The minimum atomic E-state index is -0.988. The van der Waals surface area contributed by atoms with Crippen LogP contribution in [0.1, 0.15) is 26.2 Å². The zero-order chi connectivity index (χ0) is 7.78. The lowest BCUT2D eigenvalue weighted by Crippen LogP contribution is -2.53. The van der Waals surface area contributed by atoms with E-state index in [4.69, 9.17) is 10.8 Å². The number of hydrogen-bond acceptors (Lipinski definition) is 2. The number of hydrogen-bond donors (Lipinski definition) is 2. The SMILES string of the molecule is C[C@](N)(C(=O)O)C1CCC1. The van der Waals surface area contributed by atoms with Crippen molar-refractivity contribution in [1.82, 2.24) is 0 Å². The van der Waals surface area contributed by atoms with Crippen LogP contribution in [0.5, 0.6) is 0 Å². The molecule has 0 saturated heterocycles. The Hall–Kier alpha value is -0.570. The second kappa shape index (κ2) is 2.23. The molecule has 0 aromatic carbocycles. The van der Waals surface area contributed by atoms with Gasteiger partial charge < -0.3 is 10.8 Å². The summed E-state index contributed by atoms with van der Waals surface area (Å²) in [5.74, 6) is -0.679. The van der Waals surface area contributed by atoms with Crippen molar-refractivity contribution in [3.63, 3.8) is 0 Å². The van der Waals surface area contributed by atoms with Crippen LogP contribution in [0.25, 0.3) is 0 Å². The maximum absolute atomic E-state index is 10.5. The Morgan fingerprint density at radius 2 is 2.20 bits per heavy atom. The molecule has 3 nitrogen and oxygen atoms in total. The summed E-state index contributed by atoms with van der Waals surface area (Å²) in [4.78, 5) is 10.5. The largest absolute Gasteiger partial charge is 0.480 e. The van der Waals surface area contributed by atoms with E-state index in [2.05, 4.69) is 0 Å². The second-order valence-electron chi connectivity index (χ2n) is 3.22. The van der Waals surface area contributed by atoms with Crippen LogP contribution in [0.15, 0.2) is 0 Å². The number of nitrogens with two attached hydrogens (primary N) is 1. The number of carbonyl (C=O) groups is 1. The summed E-state index contributed by atoms with van der Waals surface area (Å²) in [7, 11) is 0. The fraction of sp³-hybridized carbons (Fsp3) is 0.857. The normalized spacial score (nSPS) is 25.0. The standard InChI is InChI=1S/C7H13NO2/c1-7(8,6(9)10)5-3-2-4-5/h5H,2-4,8H2,1H3,(H,9,10)/t7-/m1/s1. The third-order valence-electron chi connectivity index (χ3n) is 2.41. The first-order valence-corrected chi connectivity index (χ1v) is 3.57. The predicted octanol–water partition coefficient (Wildman–Crippen LogP) is 0.588. The molecule has 10 heavy (non-hydrogen) atoms. The quantitative estimate of drug-likeness (QED) is 0.594. The van der Waals surface area contributed by atoms with Gasteiger partial charge in [0.1, 0.15) is 5.54 Å².